The van der Waals surface area contributed by atoms with Crippen LogP contribution in [-0.4, -0.2) is 18.8 Å². The van der Waals surface area contributed by atoms with Gasteiger partial charge in [-0.3, -0.25) is 10.4 Å². The van der Waals surface area contributed by atoms with Crippen molar-refractivity contribution >= 4 is 11.4 Å². The first-order valence-corrected chi connectivity index (χ1v) is 6.96. The molecule has 0 radical (unpaired) electrons. The van der Waals surface area contributed by atoms with E-state index in [1.54, 1.807) is 7.11 Å². The molecule has 0 fully saturated rings. The second-order valence-corrected chi connectivity index (χ2v) is 4.95. The van der Waals surface area contributed by atoms with Gasteiger partial charge in [0.15, 0.2) is 0 Å². The summed E-state index contributed by atoms with van der Waals surface area (Å²) in [6, 6.07) is 18.3. The molecule has 0 saturated carbocycles. The average molecular weight is 281 g/mol. The minimum Gasteiger partial charge on any atom is -0.497 e. The quantitative estimate of drug-likeness (QED) is 0.902. The van der Waals surface area contributed by atoms with Gasteiger partial charge in [-0.2, -0.15) is 0 Å². The molecule has 21 heavy (non-hydrogen) atoms. The van der Waals surface area contributed by atoms with Crippen molar-refractivity contribution in [3.63, 3.8) is 0 Å². The van der Waals surface area contributed by atoms with Crippen LogP contribution in [0, 0.1) is 0 Å². The molecule has 0 amide bonds. The lowest BCUT2D eigenvalue weighted by Gasteiger charge is -2.23. The number of allylic oxidation sites excluding steroid dienone is 1. The van der Waals surface area contributed by atoms with Crippen LogP contribution in [-0.2, 0) is 0 Å². The van der Waals surface area contributed by atoms with Crippen molar-refractivity contribution in [2.45, 2.75) is 6.92 Å². The Hall–Kier alpha value is -2.62. The highest BCUT2D eigenvalue weighted by Crippen LogP contribution is 2.27. The summed E-state index contributed by atoms with van der Waals surface area (Å²) < 4.78 is 5.27. The van der Waals surface area contributed by atoms with Crippen molar-refractivity contribution in [1.29, 1.82) is 0 Å². The molecule has 0 unspecified atom stereocenters. The Balaban J connectivity index is 1.85. The molecule has 0 aliphatic carbocycles. The van der Waals surface area contributed by atoms with Gasteiger partial charge in [0, 0.05) is 17.3 Å². The standard InChI is InChI=1S/C17H19N3O/c1-13-17(14-7-4-3-5-8-14)20(12-18-13)19-15-9-6-10-16(11-15)21-2/h3-11,18-19H,12H2,1-2H3. The van der Waals surface area contributed by atoms with Gasteiger partial charge >= 0.3 is 0 Å². The van der Waals surface area contributed by atoms with E-state index in [4.69, 9.17) is 4.74 Å². The maximum atomic E-state index is 5.27. The molecule has 2 aromatic carbocycles. The van der Waals surface area contributed by atoms with Gasteiger partial charge in [-0.25, -0.2) is 0 Å². The van der Waals surface area contributed by atoms with Crippen LogP contribution in [0.15, 0.2) is 60.3 Å². The summed E-state index contributed by atoms with van der Waals surface area (Å²) in [7, 11) is 1.68. The lowest BCUT2D eigenvalue weighted by atomic mass is 10.1. The summed E-state index contributed by atoms with van der Waals surface area (Å²) >= 11 is 0. The van der Waals surface area contributed by atoms with E-state index < -0.39 is 0 Å². The van der Waals surface area contributed by atoms with E-state index in [9.17, 15) is 0 Å². The van der Waals surface area contributed by atoms with Crippen molar-refractivity contribution in [3.8, 4) is 5.75 Å². The van der Waals surface area contributed by atoms with E-state index in [0.29, 0.717) is 0 Å². The number of hydrogen-bond acceptors (Lipinski definition) is 4. The third-order valence-corrected chi connectivity index (χ3v) is 3.51. The van der Waals surface area contributed by atoms with Crippen LogP contribution in [0.25, 0.3) is 5.70 Å². The van der Waals surface area contributed by atoms with Crippen molar-refractivity contribution in [3.05, 3.63) is 65.9 Å². The van der Waals surface area contributed by atoms with E-state index in [-0.39, 0.29) is 0 Å². The van der Waals surface area contributed by atoms with E-state index in [1.807, 2.05) is 30.3 Å². The van der Waals surface area contributed by atoms with Crippen LogP contribution >= 0.6 is 0 Å². The lowest BCUT2D eigenvalue weighted by Crippen LogP contribution is -2.29. The van der Waals surface area contributed by atoms with Gasteiger partial charge in [0.25, 0.3) is 0 Å². The molecule has 4 nitrogen and oxygen atoms in total. The largest absolute Gasteiger partial charge is 0.497 e. The van der Waals surface area contributed by atoms with Crippen molar-refractivity contribution in [2.75, 3.05) is 19.2 Å². The van der Waals surface area contributed by atoms with Gasteiger partial charge in [-0.15, -0.1) is 0 Å². The molecular weight excluding hydrogens is 262 g/mol. The van der Waals surface area contributed by atoms with Gasteiger partial charge in [0.2, 0.25) is 0 Å². The second-order valence-electron chi connectivity index (χ2n) is 4.95. The van der Waals surface area contributed by atoms with Crippen LogP contribution in [0.1, 0.15) is 12.5 Å². The van der Waals surface area contributed by atoms with Gasteiger partial charge in [0.1, 0.15) is 12.4 Å². The fourth-order valence-electron chi connectivity index (χ4n) is 2.48. The first-order chi connectivity index (χ1) is 10.3. The first-order valence-electron chi connectivity index (χ1n) is 6.96. The fourth-order valence-corrected chi connectivity index (χ4v) is 2.48. The Morgan fingerprint density at radius 3 is 2.67 bits per heavy atom. The second kappa shape index (κ2) is 5.79. The molecule has 0 saturated heterocycles. The molecule has 1 aliphatic rings. The van der Waals surface area contributed by atoms with Crippen LogP contribution in [0.2, 0.25) is 0 Å². The van der Waals surface area contributed by atoms with Crippen LogP contribution in [0.4, 0.5) is 5.69 Å². The van der Waals surface area contributed by atoms with E-state index in [0.717, 1.165) is 23.8 Å². The number of anilines is 1. The predicted octanol–water partition coefficient (Wildman–Crippen LogP) is 3.27. The van der Waals surface area contributed by atoms with Crippen LogP contribution in [0.3, 0.4) is 0 Å². The lowest BCUT2D eigenvalue weighted by molar-refractivity contribution is 0.414. The molecule has 2 N–H and O–H groups in total. The van der Waals surface area contributed by atoms with Crippen molar-refractivity contribution in [2.24, 2.45) is 0 Å². The molecule has 0 spiro atoms. The summed E-state index contributed by atoms with van der Waals surface area (Å²) in [5.41, 5.74) is 7.95. The molecule has 108 valence electrons. The summed E-state index contributed by atoms with van der Waals surface area (Å²) in [6.45, 7) is 2.82. The van der Waals surface area contributed by atoms with Crippen molar-refractivity contribution < 1.29 is 4.74 Å². The molecule has 0 bridgehead atoms. The average Bonchev–Trinajstić information content (AvgIpc) is 2.89. The molecular formula is C17H19N3O. The molecule has 0 aromatic heterocycles. The monoisotopic (exact) mass is 281 g/mol. The van der Waals surface area contributed by atoms with E-state index in [1.165, 1.54) is 11.3 Å². The molecule has 1 heterocycles. The van der Waals surface area contributed by atoms with Gasteiger partial charge in [-0.1, -0.05) is 36.4 Å². The van der Waals surface area contributed by atoms with E-state index in [2.05, 4.69) is 46.9 Å². The summed E-state index contributed by atoms with van der Waals surface area (Å²) in [6.07, 6.45) is 0. The zero-order chi connectivity index (χ0) is 14.7. The zero-order valence-electron chi connectivity index (χ0n) is 12.3. The fraction of sp³-hybridized carbons (Fsp3) is 0.176. The Labute approximate surface area is 125 Å². The number of rotatable bonds is 4. The summed E-state index contributed by atoms with van der Waals surface area (Å²) in [4.78, 5) is 0. The predicted molar refractivity (Wildman–Crippen MR) is 85.5 cm³/mol. The number of methoxy groups -OCH3 is 1. The van der Waals surface area contributed by atoms with Crippen LogP contribution in [0.5, 0.6) is 5.75 Å². The highest BCUT2D eigenvalue weighted by atomic mass is 16.5. The number of nitrogens with zero attached hydrogens (tertiary/aromatic N) is 1. The van der Waals surface area contributed by atoms with Gasteiger partial charge < -0.3 is 10.1 Å². The normalized spacial score (nSPS) is 14.1. The molecule has 2 aromatic rings. The van der Waals surface area contributed by atoms with E-state index >= 15 is 0 Å². The van der Waals surface area contributed by atoms with Gasteiger partial charge in [-0.05, 0) is 19.1 Å². The maximum Gasteiger partial charge on any atom is 0.120 e. The zero-order valence-corrected chi connectivity index (χ0v) is 12.3. The Morgan fingerprint density at radius 2 is 1.90 bits per heavy atom. The topological polar surface area (TPSA) is 36.5 Å². The maximum absolute atomic E-state index is 5.27. The molecule has 3 rings (SSSR count). The third kappa shape index (κ3) is 2.79. The number of hydrazine groups is 1. The minimum absolute atomic E-state index is 0.729. The number of hydrogen-bond donors (Lipinski definition) is 2. The first kappa shape index (κ1) is 13.4. The molecule has 1 aliphatic heterocycles. The SMILES string of the molecule is COc1cccc(NN2CNC(C)=C2c2ccccc2)c1. The summed E-state index contributed by atoms with van der Waals surface area (Å²) in [5.74, 6) is 0.842. The minimum atomic E-state index is 0.729. The van der Waals surface area contributed by atoms with Crippen LogP contribution < -0.4 is 15.5 Å². The van der Waals surface area contributed by atoms with Crippen molar-refractivity contribution in [1.82, 2.24) is 10.3 Å². The summed E-state index contributed by atoms with van der Waals surface area (Å²) in [5, 5.41) is 5.49. The number of nitrogens with one attached hydrogen (secondary N) is 2. The molecule has 0 atom stereocenters. The Kier molecular flexibility index (Phi) is 3.69. The number of benzene rings is 2. The highest BCUT2D eigenvalue weighted by molar-refractivity contribution is 5.69. The smallest absolute Gasteiger partial charge is 0.120 e. The third-order valence-electron chi connectivity index (χ3n) is 3.51. The number of ether oxygens (including phenoxy) is 1. The Bertz CT molecular complexity index is 652. The van der Waals surface area contributed by atoms with Gasteiger partial charge in [0.05, 0.1) is 18.5 Å². The Morgan fingerprint density at radius 1 is 1.10 bits per heavy atom. The highest BCUT2D eigenvalue weighted by Gasteiger charge is 2.20. The molecule has 4 heteroatoms.